The number of nitrogens with zero attached hydrogens (tertiary/aromatic N) is 1. The topological polar surface area (TPSA) is 58.4 Å². The summed E-state index contributed by atoms with van der Waals surface area (Å²) >= 11 is 0. The first-order valence-electron chi connectivity index (χ1n) is 6.04. The van der Waals surface area contributed by atoms with E-state index in [0.29, 0.717) is 5.56 Å². The highest BCUT2D eigenvalue weighted by Gasteiger charge is 2.13. The molecule has 0 fully saturated rings. The fraction of sp³-hybridized carbons (Fsp3) is 0.133. The molecular weight excluding hydrogens is 238 g/mol. The Balaban J connectivity index is 2.27. The second kappa shape index (κ2) is 5.54. The van der Waals surface area contributed by atoms with Crippen molar-refractivity contribution < 1.29 is 4.79 Å². The van der Waals surface area contributed by atoms with Crippen LogP contribution in [0.25, 0.3) is 0 Å². The molecule has 0 aliphatic carbocycles. The summed E-state index contributed by atoms with van der Waals surface area (Å²) < 4.78 is 0. The molecule has 2 aromatic carbocycles. The monoisotopic (exact) mass is 255 g/mol. The lowest BCUT2D eigenvalue weighted by Gasteiger charge is -2.18. The average molecular weight is 255 g/mol. The molecule has 2 rings (SSSR count). The van der Waals surface area contributed by atoms with Crippen LogP contribution >= 0.6 is 0 Å². The highest BCUT2D eigenvalue weighted by molar-refractivity contribution is 6.06. The molecule has 0 bridgehead atoms. The molecule has 98 valence electrons. The summed E-state index contributed by atoms with van der Waals surface area (Å²) in [5, 5.41) is 0. The second-order valence-corrected chi connectivity index (χ2v) is 4.37. The number of nitrogens with two attached hydrogens (primary N) is 1. The van der Waals surface area contributed by atoms with Crippen molar-refractivity contribution in [2.75, 3.05) is 17.4 Å². The molecule has 0 aromatic heterocycles. The molecule has 0 aliphatic heterocycles. The maximum atomic E-state index is 12.4. The van der Waals surface area contributed by atoms with E-state index in [-0.39, 0.29) is 5.91 Å². The Morgan fingerprint density at radius 3 is 2.42 bits per heavy atom. The molecule has 0 aliphatic rings. The number of hydrazine groups is 1. The molecule has 0 spiro atoms. The first-order chi connectivity index (χ1) is 9.13. The van der Waals surface area contributed by atoms with Crippen LogP contribution in [0.4, 0.5) is 11.4 Å². The summed E-state index contributed by atoms with van der Waals surface area (Å²) in [6.07, 6.45) is 0. The summed E-state index contributed by atoms with van der Waals surface area (Å²) in [5.74, 6) is 5.34. The quantitative estimate of drug-likeness (QED) is 0.654. The lowest BCUT2D eigenvalue weighted by atomic mass is 10.1. The highest BCUT2D eigenvalue weighted by Crippen LogP contribution is 2.19. The summed E-state index contributed by atoms with van der Waals surface area (Å²) in [7, 11) is 1.77. The number of anilines is 2. The highest BCUT2D eigenvalue weighted by atomic mass is 16.2. The third-order valence-electron chi connectivity index (χ3n) is 3.08. The van der Waals surface area contributed by atoms with E-state index in [1.165, 1.54) is 0 Å². The van der Waals surface area contributed by atoms with Gasteiger partial charge in [-0.2, -0.15) is 0 Å². The normalized spacial score (nSPS) is 10.1. The van der Waals surface area contributed by atoms with Crippen LogP contribution in [0.2, 0.25) is 0 Å². The van der Waals surface area contributed by atoms with Gasteiger partial charge in [0, 0.05) is 18.3 Å². The molecule has 0 saturated carbocycles. The number of carbonyl (C=O) groups excluding carboxylic acids is 1. The Morgan fingerprint density at radius 1 is 1.16 bits per heavy atom. The van der Waals surface area contributed by atoms with Gasteiger partial charge < -0.3 is 10.3 Å². The predicted octanol–water partition coefficient (Wildman–Crippen LogP) is 2.56. The van der Waals surface area contributed by atoms with Crippen LogP contribution < -0.4 is 16.2 Å². The van der Waals surface area contributed by atoms with E-state index in [2.05, 4.69) is 5.43 Å². The van der Waals surface area contributed by atoms with Crippen molar-refractivity contribution in [3.63, 3.8) is 0 Å². The molecule has 0 saturated heterocycles. The van der Waals surface area contributed by atoms with E-state index in [1.54, 1.807) is 24.1 Å². The SMILES string of the molecule is Cc1cc(C(=O)N(C)c2ccccc2)ccc1NN. The van der Waals surface area contributed by atoms with Crippen LogP contribution in [0.15, 0.2) is 48.5 Å². The number of hydrogen-bond acceptors (Lipinski definition) is 3. The van der Waals surface area contributed by atoms with E-state index in [9.17, 15) is 4.79 Å². The molecule has 3 N–H and O–H groups in total. The summed E-state index contributed by atoms with van der Waals surface area (Å²) in [6.45, 7) is 1.91. The number of para-hydroxylation sites is 1. The van der Waals surface area contributed by atoms with E-state index in [4.69, 9.17) is 5.84 Å². The van der Waals surface area contributed by atoms with Crippen molar-refractivity contribution in [2.24, 2.45) is 5.84 Å². The largest absolute Gasteiger partial charge is 0.324 e. The molecule has 4 nitrogen and oxygen atoms in total. The molecule has 0 heterocycles. The summed E-state index contributed by atoms with van der Waals surface area (Å²) in [6, 6.07) is 15.0. The fourth-order valence-corrected chi connectivity index (χ4v) is 1.92. The zero-order valence-corrected chi connectivity index (χ0v) is 11.1. The van der Waals surface area contributed by atoms with E-state index < -0.39 is 0 Å². The van der Waals surface area contributed by atoms with Crippen molar-refractivity contribution >= 4 is 17.3 Å². The predicted molar refractivity (Wildman–Crippen MR) is 78.2 cm³/mol. The smallest absolute Gasteiger partial charge is 0.258 e. The molecule has 0 atom stereocenters. The third kappa shape index (κ3) is 2.74. The molecule has 1 amide bonds. The molecular formula is C15H17N3O. The minimum Gasteiger partial charge on any atom is -0.324 e. The fourth-order valence-electron chi connectivity index (χ4n) is 1.92. The van der Waals surface area contributed by atoms with Gasteiger partial charge >= 0.3 is 0 Å². The van der Waals surface area contributed by atoms with Crippen molar-refractivity contribution in [1.82, 2.24) is 0 Å². The Kier molecular flexibility index (Phi) is 3.82. The van der Waals surface area contributed by atoms with Crippen LogP contribution in [0.3, 0.4) is 0 Å². The number of nitrogen functional groups attached to an aromatic ring is 1. The zero-order valence-electron chi connectivity index (χ0n) is 11.1. The first-order valence-corrected chi connectivity index (χ1v) is 6.04. The number of amides is 1. The lowest BCUT2D eigenvalue weighted by molar-refractivity contribution is 0.0993. The molecule has 0 unspecified atom stereocenters. The average Bonchev–Trinajstić information content (AvgIpc) is 2.46. The Bertz CT molecular complexity index is 581. The summed E-state index contributed by atoms with van der Waals surface area (Å²) in [5.41, 5.74) is 5.86. The Hall–Kier alpha value is -2.33. The second-order valence-electron chi connectivity index (χ2n) is 4.37. The molecule has 19 heavy (non-hydrogen) atoms. The van der Waals surface area contributed by atoms with Gasteiger partial charge in [0.1, 0.15) is 0 Å². The number of rotatable bonds is 3. The standard InChI is InChI=1S/C15H17N3O/c1-11-10-12(8-9-14(11)17-16)15(19)18(2)13-6-4-3-5-7-13/h3-10,17H,16H2,1-2H3. The van der Waals surface area contributed by atoms with Crippen LogP contribution in [0.1, 0.15) is 15.9 Å². The van der Waals surface area contributed by atoms with Gasteiger partial charge in [0.15, 0.2) is 0 Å². The minimum absolute atomic E-state index is 0.0436. The molecule has 2 aromatic rings. The number of carbonyl (C=O) groups is 1. The van der Waals surface area contributed by atoms with Gasteiger partial charge in [-0.3, -0.25) is 10.6 Å². The zero-order chi connectivity index (χ0) is 13.8. The maximum absolute atomic E-state index is 12.4. The van der Waals surface area contributed by atoms with E-state index in [1.807, 2.05) is 43.3 Å². The number of hydrogen-bond donors (Lipinski definition) is 2. The van der Waals surface area contributed by atoms with Crippen molar-refractivity contribution in [1.29, 1.82) is 0 Å². The van der Waals surface area contributed by atoms with Crippen LogP contribution in [0, 0.1) is 6.92 Å². The molecule has 0 radical (unpaired) electrons. The molecule has 4 heteroatoms. The lowest BCUT2D eigenvalue weighted by Crippen LogP contribution is -2.26. The van der Waals surface area contributed by atoms with Gasteiger partial charge in [0.05, 0.1) is 5.69 Å². The van der Waals surface area contributed by atoms with Crippen molar-refractivity contribution in [3.05, 3.63) is 59.7 Å². The van der Waals surface area contributed by atoms with Gasteiger partial charge in [0.25, 0.3) is 5.91 Å². The van der Waals surface area contributed by atoms with Crippen molar-refractivity contribution in [3.8, 4) is 0 Å². The van der Waals surface area contributed by atoms with Gasteiger partial charge in [-0.1, -0.05) is 18.2 Å². The maximum Gasteiger partial charge on any atom is 0.258 e. The van der Waals surface area contributed by atoms with Gasteiger partial charge in [-0.25, -0.2) is 0 Å². The van der Waals surface area contributed by atoms with Crippen LogP contribution in [-0.4, -0.2) is 13.0 Å². The summed E-state index contributed by atoms with van der Waals surface area (Å²) in [4.78, 5) is 14.0. The number of benzene rings is 2. The first kappa shape index (κ1) is 13.1. The van der Waals surface area contributed by atoms with Gasteiger partial charge in [0.2, 0.25) is 0 Å². The van der Waals surface area contributed by atoms with E-state index in [0.717, 1.165) is 16.9 Å². The Labute approximate surface area is 112 Å². The minimum atomic E-state index is -0.0436. The van der Waals surface area contributed by atoms with Crippen molar-refractivity contribution in [2.45, 2.75) is 6.92 Å². The third-order valence-corrected chi connectivity index (χ3v) is 3.08. The number of nitrogens with one attached hydrogen (secondary N) is 1. The van der Waals surface area contributed by atoms with Crippen LogP contribution in [-0.2, 0) is 0 Å². The van der Waals surface area contributed by atoms with Gasteiger partial charge in [-0.15, -0.1) is 0 Å². The van der Waals surface area contributed by atoms with Crippen LogP contribution in [0.5, 0.6) is 0 Å². The Morgan fingerprint density at radius 2 is 1.84 bits per heavy atom. The number of aryl methyl sites for hydroxylation is 1. The van der Waals surface area contributed by atoms with Gasteiger partial charge in [-0.05, 0) is 42.8 Å². The van der Waals surface area contributed by atoms with E-state index >= 15 is 0 Å².